The summed E-state index contributed by atoms with van der Waals surface area (Å²) in [4.78, 5) is 12.9. The van der Waals surface area contributed by atoms with E-state index < -0.39 is 5.60 Å². The summed E-state index contributed by atoms with van der Waals surface area (Å²) in [7, 11) is 0. The molecule has 23 heavy (non-hydrogen) atoms. The van der Waals surface area contributed by atoms with Crippen molar-refractivity contribution in [3.05, 3.63) is 12.2 Å². The number of hydrogen-bond donors (Lipinski definition) is 0. The van der Waals surface area contributed by atoms with Crippen LogP contribution in [-0.2, 0) is 14.3 Å². The summed E-state index contributed by atoms with van der Waals surface area (Å²) in [5, 5.41) is 0. The minimum Gasteiger partial charge on any atom is -0.457 e. The highest BCUT2D eigenvalue weighted by atomic mass is 16.6. The molecule has 3 saturated carbocycles. The second kappa shape index (κ2) is 4.84. The summed E-state index contributed by atoms with van der Waals surface area (Å²) in [6.45, 7) is 4.85. The number of allylic oxidation sites excluding steroid dienone is 2. The monoisotopic (exact) mass is 316 g/mol. The van der Waals surface area contributed by atoms with Crippen LogP contribution in [0.1, 0.15) is 46.0 Å². The van der Waals surface area contributed by atoms with Crippen molar-refractivity contribution >= 4 is 5.97 Å². The van der Waals surface area contributed by atoms with Crippen LogP contribution in [0.3, 0.4) is 0 Å². The summed E-state index contributed by atoms with van der Waals surface area (Å²) in [5.74, 6) is 4.78. The molecule has 1 heterocycles. The predicted molar refractivity (Wildman–Crippen MR) is 86.6 cm³/mol. The van der Waals surface area contributed by atoms with Gasteiger partial charge in [0, 0.05) is 6.61 Å². The number of hydrogen-bond acceptors (Lipinski definition) is 3. The van der Waals surface area contributed by atoms with Crippen LogP contribution in [0.4, 0.5) is 0 Å². The first-order valence-electron chi connectivity index (χ1n) is 9.57. The Morgan fingerprint density at radius 3 is 2.65 bits per heavy atom. The third-order valence-electron chi connectivity index (χ3n) is 7.64. The van der Waals surface area contributed by atoms with Crippen LogP contribution in [-0.4, -0.2) is 24.3 Å². The van der Waals surface area contributed by atoms with Gasteiger partial charge in [0.25, 0.3) is 0 Å². The lowest BCUT2D eigenvalue weighted by molar-refractivity contribution is -0.176. The Kier molecular flexibility index (Phi) is 3.05. The van der Waals surface area contributed by atoms with Gasteiger partial charge in [0.05, 0.1) is 12.0 Å². The van der Waals surface area contributed by atoms with Gasteiger partial charge in [-0.3, -0.25) is 4.79 Å². The largest absolute Gasteiger partial charge is 0.457 e. The molecule has 5 rings (SSSR count). The van der Waals surface area contributed by atoms with Crippen LogP contribution in [0.5, 0.6) is 0 Å². The second-order valence-electron chi connectivity index (χ2n) is 9.13. The van der Waals surface area contributed by atoms with Gasteiger partial charge in [0.15, 0.2) is 0 Å². The van der Waals surface area contributed by atoms with Crippen molar-refractivity contribution < 1.29 is 14.3 Å². The molecule has 4 aliphatic carbocycles. The second-order valence-corrected chi connectivity index (χ2v) is 9.13. The Morgan fingerprint density at radius 2 is 1.91 bits per heavy atom. The van der Waals surface area contributed by atoms with E-state index in [1.807, 2.05) is 13.8 Å². The van der Waals surface area contributed by atoms with Crippen molar-refractivity contribution in [2.45, 2.75) is 57.7 Å². The van der Waals surface area contributed by atoms with E-state index in [9.17, 15) is 4.79 Å². The standard InChI is InChI=1S/C20H28O3/c1-20(2,16-4-3-7-22-16)23-19(21)15-10-13-9-14(15)18-12-6-5-11(8-12)17(13)18/h5-6,11-18H,3-4,7-10H2,1-2H3. The third-order valence-corrected chi connectivity index (χ3v) is 7.64. The highest BCUT2D eigenvalue weighted by Gasteiger charge is 2.62. The summed E-state index contributed by atoms with van der Waals surface area (Å²) in [6.07, 6.45) is 10.8. The molecule has 0 aromatic rings. The van der Waals surface area contributed by atoms with Gasteiger partial charge in [-0.1, -0.05) is 12.2 Å². The van der Waals surface area contributed by atoms with E-state index in [-0.39, 0.29) is 18.0 Å². The fourth-order valence-electron chi connectivity index (χ4n) is 6.81. The lowest BCUT2D eigenvalue weighted by atomic mass is 9.69. The quantitative estimate of drug-likeness (QED) is 0.453. The molecule has 0 aromatic carbocycles. The van der Waals surface area contributed by atoms with E-state index in [0.717, 1.165) is 55.5 Å². The lowest BCUT2D eigenvalue weighted by Gasteiger charge is -2.38. The predicted octanol–water partition coefficient (Wildman–Crippen LogP) is 3.58. The molecule has 0 spiro atoms. The molecular weight excluding hydrogens is 288 g/mol. The van der Waals surface area contributed by atoms with E-state index in [0.29, 0.717) is 5.92 Å². The number of ether oxygens (including phenoxy) is 2. The number of carbonyl (C=O) groups excluding carboxylic acids is 1. The van der Waals surface area contributed by atoms with Gasteiger partial charge in [-0.15, -0.1) is 0 Å². The average Bonchev–Trinajstić information content (AvgIpc) is 3.31. The molecule has 1 aliphatic heterocycles. The minimum atomic E-state index is -0.483. The maximum atomic E-state index is 12.9. The number of carbonyl (C=O) groups is 1. The van der Waals surface area contributed by atoms with Crippen molar-refractivity contribution in [2.75, 3.05) is 6.61 Å². The molecule has 126 valence electrons. The third kappa shape index (κ3) is 2.01. The molecule has 5 aliphatic rings. The molecular formula is C20H28O3. The SMILES string of the molecule is CC(C)(OC(=O)C1CC2CC1C1C3C=CC(C3)C21)C1CCCO1. The molecule has 3 heteroatoms. The fraction of sp³-hybridized carbons (Fsp3) is 0.850. The van der Waals surface area contributed by atoms with Gasteiger partial charge in [-0.25, -0.2) is 0 Å². The molecule has 1 saturated heterocycles. The van der Waals surface area contributed by atoms with Gasteiger partial charge in [0.2, 0.25) is 0 Å². The number of fused-ring (bicyclic) bond motifs is 9. The Hall–Kier alpha value is -0.830. The maximum absolute atomic E-state index is 12.9. The van der Waals surface area contributed by atoms with Crippen molar-refractivity contribution in [1.82, 2.24) is 0 Å². The van der Waals surface area contributed by atoms with Crippen LogP contribution < -0.4 is 0 Å². The Balaban J connectivity index is 1.30. The first kappa shape index (κ1) is 14.5. The zero-order valence-electron chi connectivity index (χ0n) is 14.2. The number of rotatable bonds is 3. The molecule has 0 N–H and O–H groups in total. The topological polar surface area (TPSA) is 35.5 Å². The zero-order chi connectivity index (χ0) is 15.8. The normalized spacial score (nSPS) is 49.8. The maximum Gasteiger partial charge on any atom is 0.309 e. The van der Waals surface area contributed by atoms with Gasteiger partial charge in [-0.2, -0.15) is 0 Å². The first-order valence-corrected chi connectivity index (χ1v) is 9.57. The Bertz CT molecular complexity index is 545. The van der Waals surface area contributed by atoms with Crippen LogP contribution in [0.15, 0.2) is 12.2 Å². The molecule has 0 amide bonds. The number of esters is 1. The van der Waals surface area contributed by atoms with Crippen molar-refractivity contribution in [2.24, 2.45) is 41.4 Å². The van der Waals surface area contributed by atoms with Crippen LogP contribution in [0.25, 0.3) is 0 Å². The van der Waals surface area contributed by atoms with Gasteiger partial charge >= 0.3 is 5.97 Å². The van der Waals surface area contributed by atoms with Crippen LogP contribution >= 0.6 is 0 Å². The van der Waals surface area contributed by atoms with Crippen molar-refractivity contribution in [1.29, 1.82) is 0 Å². The Morgan fingerprint density at radius 1 is 1.13 bits per heavy atom. The van der Waals surface area contributed by atoms with Crippen LogP contribution in [0.2, 0.25) is 0 Å². The first-order chi connectivity index (χ1) is 11.0. The van der Waals surface area contributed by atoms with Gasteiger partial charge < -0.3 is 9.47 Å². The molecule has 0 radical (unpaired) electrons. The molecule has 8 atom stereocenters. The fourth-order valence-corrected chi connectivity index (χ4v) is 6.81. The summed E-state index contributed by atoms with van der Waals surface area (Å²) < 4.78 is 11.8. The highest BCUT2D eigenvalue weighted by molar-refractivity contribution is 5.74. The zero-order valence-corrected chi connectivity index (χ0v) is 14.2. The molecule has 8 unspecified atom stereocenters. The molecule has 4 fully saturated rings. The molecule has 3 nitrogen and oxygen atoms in total. The van der Waals surface area contributed by atoms with E-state index >= 15 is 0 Å². The van der Waals surface area contributed by atoms with E-state index in [4.69, 9.17) is 9.47 Å². The molecule has 0 aromatic heterocycles. The van der Waals surface area contributed by atoms with Crippen molar-refractivity contribution in [3.8, 4) is 0 Å². The summed E-state index contributed by atoms with van der Waals surface area (Å²) in [6, 6.07) is 0. The smallest absolute Gasteiger partial charge is 0.309 e. The molecule has 4 bridgehead atoms. The summed E-state index contributed by atoms with van der Waals surface area (Å²) >= 11 is 0. The minimum absolute atomic E-state index is 0.0585. The Labute approximate surface area is 138 Å². The van der Waals surface area contributed by atoms with Crippen LogP contribution in [0, 0.1) is 41.4 Å². The lowest BCUT2D eigenvalue weighted by Crippen LogP contribution is -2.44. The van der Waals surface area contributed by atoms with Gasteiger partial charge in [-0.05, 0) is 81.5 Å². The average molecular weight is 316 g/mol. The van der Waals surface area contributed by atoms with E-state index in [1.165, 1.54) is 12.8 Å². The van der Waals surface area contributed by atoms with Crippen molar-refractivity contribution in [3.63, 3.8) is 0 Å². The van der Waals surface area contributed by atoms with Gasteiger partial charge in [0.1, 0.15) is 5.60 Å². The van der Waals surface area contributed by atoms with E-state index in [1.54, 1.807) is 0 Å². The highest BCUT2D eigenvalue weighted by Crippen LogP contribution is 2.67. The summed E-state index contributed by atoms with van der Waals surface area (Å²) in [5.41, 5.74) is -0.483. The van der Waals surface area contributed by atoms with E-state index in [2.05, 4.69) is 12.2 Å².